The van der Waals surface area contributed by atoms with E-state index in [2.05, 4.69) is 0 Å². The zero-order valence-electron chi connectivity index (χ0n) is 11.0. The van der Waals surface area contributed by atoms with E-state index in [9.17, 15) is 21.6 Å². The number of nitrogens with two attached hydrogens (primary N) is 1. The average molecular weight is 341 g/mol. The summed E-state index contributed by atoms with van der Waals surface area (Å²) in [6, 6.07) is 6.49. The largest absolute Gasteiger partial charge is 0.402 e. The molecule has 0 aliphatic rings. The molecule has 0 amide bonds. The van der Waals surface area contributed by atoms with Crippen molar-refractivity contribution in [3.63, 3.8) is 0 Å². The highest BCUT2D eigenvalue weighted by Crippen LogP contribution is 2.14. The highest BCUT2D eigenvalue weighted by Gasteiger charge is 2.30. The molecule has 0 aliphatic heterocycles. The lowest BCUT2D eigenvalue weighted by Crippen LogP contribution is -2.42. The fourth-order valence-corrected chi connectivity index (χ4v) is 2.46. The second kappa shape index (κ2) is 6.69. The molecule has 0 aliphatic carbocycles. The fraction of sp³-hybridized carbons (Fsp3) is 0.364. The van der Waals surface area contributed by atoms with Crippen molar-refractivity contribution in [2.45, 2.75) is 12.7 Å². The van der Waals surface area contributed by atoms with Gasteiger partial charge in [0, 0.05) is 19.2 Å². The van der Waals surface area contributed by atoms with Crippen LogP contribution < -0.4 is 10.5 Å². The summed E-state index contributed by atoms with van der Waals surface area (Å²) in [6.07, 6.45) is -4.61. The van der Waals surface area contributed by atoms with Crippen molar-refractivity contribution < 1.29 is 21.6 Å². The summed E-state index contributed by atoms with van der Waals surface area (Å²) in [5, 5.41) is 0. The molecule has 0 atom stereocenters. The Hall–Kier alpha value is -1.23. The molecule has 0 heterocycles. The van der Waals surface area contributed by atoms with Gasteiger partial charge in [-0.05, 0) is 11.6 Å². The van der Waals surface area contributed by atoms with Gasteiger partial charge in [0.15, 0.2) is 0 Å². The number of nitrogens with zero attached hydrogens (tertiary/aromatic N) is 1. The average Bonchev–Trinajstić information content (AvgIpc) is 2.36. The SMILES string of the molecule is CN(Cc1cccc(C(N)=S)c1)S(=O)(=O)NCC(F)(F)F. The molecule has 0 radical (unpaired) electrons. The van der Waals surface area contributed by atoms with Gasteiger partial charge < -0.3 is 5.73 Å². The number of rotatable bonds is 6. The van der Waals surface area contributed by atoms with Gasteiger partial charge in [-0.1, -0.05) is 30.4 Å². The number of thiocarbonyl (C=S) groups is 1. The normalized spacial score (nSPS) is 12.6. The van der Waals surface area contributed by atoms with E-state index in [0.29, 0.717) is 11.1 Å². The van der Waals surface area contributed by atoms with E-state index in [1.54, 1.807) is 24.3 Å². The van der Waals surface area contributed by atoms with E-state index >= 15 is 0 Å². The lowest BCUT2D eigenvalue weighted by molar-refractivity contribution is -0.121. The minimum absolute atomic E-state index is 0.107. The topological polar surface area (TPSA) is 75.4 Å². The van der Waals surface area contributed by atoms with E-state index in [0.717, 1.165) is 4.31 Å². The van der Waals surface area contributed by atoms with Crippen LogP contribution in [0.15, 0.2) is 24.3 Å². The van der Waals surface area contributed by atoms with Crippen molar-refractivity contribution >= 4 is 27.4 Å². The third kappa shape index (κ3) is 5.96. The molecule has 10 heteroatoms. The Morgan fingerprint density at radius 2 is 2.05 bits per heavy atom. The van der Waals surface area contributed by atoms with Gasteiger partial charge >= 0.3 is 6.18 Å². The van der Waals surface area contributed by atoms with Gasteiger partial charge in [0.25, 0.3) is 10.2 Å². The first-order chi connectivity index (χ1) is 9.51. The van der Waals surface area contributed by atoms with Crippen LogP contribution in [0.25, 0.3) is 0 Å². The highest BCUT2D eigenvalue weighted by atomic mass is 32.2. The predicted octanol–water partition coefficient (Wildman–Crippen LogP) is 1.15. The molecule has 0 saturated carbocycles. The minimum Gasteiger partial charge on any atom is -0.389 e. The Morgan fingerprint density at radius 1 is 1.43 bits per heavy atom. The van der Waals surface area contributed by atoms with Crippen molar-refractivity contribution in [3.05, 3.63) is 35.4 Å². The van der Waals surface area contributed by atoms with E-state index in [4.69, 9.17) is 18.0 Å². The molecule has 5 nitrogen and oxygen atoms in total. The van der Waals surface area contributed by atoms with E-state index in [1.807, 2.05) is 0 Å². The number of halogens is 3. The molecular weight excluding hydrogens is 327 g/mol. The van der Waals surface area contributed by atoms with Crippen LogP contribution >= 0.6 is 12.2 Å². The monoisotopic (exact) mass is 341 g/mol. The van der Waals surface area contributed by atoms with Crippen LogP contribution in [0.1, 0.15) is 11.1 Å². The van der Waals surface area contributed by atoms with Crippen molar-refractivity contribution in [3.8, 4) is 0 Å². The smallest absolute Gasteiger partial charge is 0.389 e. The second-order valence-corrected chi connectivity index (χ2v) is 6.56. The number of benzene rings is 1. The third-order valence-electron chi connectivity index (χ3n) is 2.48. The van der Waals surface area contributed by atoms with E-state index < -0.39 is 22.9 Å². The summed E-state index contributed by atoms with van der Waals surface area (Å²) < 4.78 is 61.7. The van der Waals surface area contributed by atoms with Crippen LogP contribution in [0.2, 0.25) is 0 Å². The lowest BCUT2D eigenvalue weighted by Gasteiger charge is -2.18. The zero-order valence-corrected chi connectivity index (χ0v) is 12.6. The molecule has 1 rings (SSSR count). The zero-order chi connectivity index (χ0) is 16.3. The van der Waals surface area contributed by atoms with Gasteiger partial charge in [-0.3, -0.25) is 0 Å². The number of hydrogen-bond acceptors (Lipinski definition) is 3. The van der Waals surface area contributed by atoms with Gasteiger partial charge in [0.05, 0.1) is 0 Å². The van der Waals surface area contributed by atoms with Crippen LogP contribution in [0.5, 0.6) is 0 Å². The first-order valence-corrected chi connectivity index (χ1v) is 7.52. The maximum absolute atomic E-state index is 12.0. The summed E-state index contributed by atoms with van der Waals surface area (Å²) in [5.41, 5.74) is 6.57. The summed E-state index contributed by atoms with van der Waals surface area (Å²) in [5.74, 6) is 0. The van der Waals surface area contributed by atoms with Crippen molar-refractivity contribution in [2.75, 3.05) is 13.6 Å². The quantitative estimate of drug-likeness (QED) is 0.761. The summed E-state index contributed by atoms with van der Waals surface area (Å²) in [4.78, 5) is 0.151. The van der Waals surface area contributed by atoms with Gasteiger partial charge in [0.1, 0.15) is 11.5 Å². The number of alkyl halides is 3. The molecule has 0 spiro atoms. The molecule has 0 aromatic heterocycles. The van der Waals surface area contributed by atoms with Gasteiger partial charge in [-0.25, -0.2) is 0 Å². The van der Waals surface area contributed by atoms with Gasteiger partial charge in [-0.2, -0.15) is 30.6 Å². The fourth-order valence-electron chi connectivity index (χ4n) is 1.45. The molecule has 0 saturated heterocycles. The van der Waals surface area contributed by atoms with Crippen molar-refractivity contribution in [1.82, 2.24) is 9.03 Å². The number of nitrogens with one attached hydrogen (secondary N) is 1. The van der Waals surface area contributed by atoms with E-state index in [-0.39, 0.29) is 11.5 Å². The Bertz CT molecular complexity index is 617. The summed E-state index contributed by atoms with van der Waals surface area (Å²) >= 11 is 4.80. The molecule has 0 unspecified atom stereocenters. The van der Waals surface area contributed by atoms with Crippen LogP contribution in [0, 0.1) is 0 Å². The van der Waals surface area contributed by atoms with Crippen molar-refractivity contribution in [2.24, 2.45) is 5.73 Å². The van der Waals surface area contributed by atoms with Gasteiger partial charge in [-0.15, -0.1) is 0 Å². The molecule has 21 heavy (non-hydrogen) atoms. The maximum Gasteiger partial charge on any atom is 0.402 e. The Balaban J connectivity index is 2.78. The molecule has 118 valence electrons. The van der Waals surface area contributed by atoms with Crippen LogP contribution in [-0.2, 0) is 16.8 Å². The van der Waals surface area contributed by atoms with Crippen LogP contribution in [-0.4, -0.2) is 37.5 Å². The molecule has 1 aromatic rings. The minimum atomic E-state index is -4.61. The summed E-state index contributed by atoms with van der Waals surface area (Å²) in [6.45, 7) is -1.73. The van der Waals surface area contributed by atoms with Crippen LogP contribution in [0.4, 0.5) is 13.2 Å². The Morgan fingerprint density at radius 3 is 2.57 bits per heavy atom. The van der Waals surface area contributed by atoms with Gasteiger partial charge in [0.2, 0.25) is 0 Å². The predicted molar refractivity (Wildman–Crippen MR) is 76.8 cm³/mol. The summed E-state index contributed by atoms with van der Waals surface area (Å²) in [7, 11) is -3.05. The molecule has 3 N–H and O–H groups in total. The number of hydrogen-bond donors (Lipinski definition) is 2. The maximum atomic E-state index is 12.0. The Kier molecular flexibility index (Phi) is 5.68. The molecular formula is C11H14F3N3O2S2. The van der Waals surface area contributed by atoms with Crippen LogP contribution in [0.3, 0.4) is 0 Å². The molecule has 0 bridgehead atoms. The van der Waals surface area contributed by atoms with E-state index in [1.165, 1.54) is 11.8 Å². The first-order valence-electron chi connectivity index (χ1n) is 5.68. The first kappa shape index (κ1) is 17.8. The molecule has 1 aromatic carbocycles. The second-order valence-electron chi connectivity index (χ2n) is 4.26. The Labute approximate surface area is 126 Å². The third-order valence-corrected chi connectivity index (χ3v) is 4.18. The standard InChI is InChI=1S/C11H14F3N3O2S2/c1-17(21(18,19)16-7-11(12,13)14)6-8-3-2-4-9(5-8)10(15)20/h2-5,16H,6-7H2,1H3,(H2,15,20). The molecule has 0 fully saturated rings. The highest BCUT2D eigenvalue weighted by molar-refractivity contribution is 7.87. The lowest BCUT2D eigenvalue weighted by atomic mass is 10.1. The van der Waals surface area contributed by atoms with Crippen molar-refractivity contribution in [1.29, 1.82) is 0 Å².